The van der Waals surface area contributed by atoms with E-state index in [0.717, 1.165) is 11.4 Å². The monoisotopic (exact) mass is 546 g/mol. The van der Waals surface area contributed by atoms with Crippen molar-refractivity contribution in [2.75, 3.05) is 0 Å². The van der Waals surface area contributed by atoms with E-state index in [9.17, 15) is 0 Å². The van der Waals surface area contributed by atoms with Gasteiger partial charge in [-0.15, -0.1) is 11.8 Å². The van der Waals surface area contributed by atoms with Crippen molar-refractivity contribution in [1.29, 1.82) is 0 Å². The molecule has 33 heavy (non-hydrogen) atoms. The first-order valence-corrected chi connectivity index (χ1v) is 15.3. The summed E-state index contributed by atoms with van der Waals surface area (Å²) in [5.74, 6) is 0. The van der Waals surface area contributed by atoms with Crippen molar-refractivity contribution in [3.8, 4) is 0 Å². The van der Waals surface area contributed by atoms with Crippen LogP contribution in [0.4, 0.5) is 11.4 Å². The van der Waals surface area contributed by atoms with Gasteiger partial charge in [0.15, 0.2) is 0 Å². The number of hydrogen-bond acceptors (Lipinski definition) is 3. The maximum atomic E-state index is 5.09. The van der Waals surface area contributed by atoms with Gasteiger partial charge in [-0.25, -0.2) is 0 Å². The summed E-state index contributed by atoms with van der Waals surface area (Å²) in [6, 6.07) is 8.94. The molecule has 1 aliphatic rings. The third-order valence-corrected chi connectivity index (χ3v) is 7.85. The molecule has 182 valence electrons. The van der Waals surface area contributed by atoms with Gasteiger partial charge in [-0.05, 0) is 90.5 Å². The first kappa shape index (κ1) is 28.5. The van der Waals surface area contributed by atoms with Crippen molar-refractivity contribution < 1.29 is 13.1 Å². The Morgan fingerprint density at radius 1 is 0.727 bits per heavy atom. The zero-order valence-corrected chi connectivity index (χ0v) is 24.4. The van der Waals surface area contributed by atoms with E-state index in [1.165, 1.54) is 64.1 Å². The molecule has 0 N–H and O–H groups in total. The average Bonchev–Trinajstić information content (AvgIpc) is 2.73. The molecular formula is C27H36Cl2FeN2S. The van der Waals surface area contributed by atoms with E-state index in [-0.39, 0.29) is 13.1 Å². The zero-order chi connectivity index (χ0) is 24.7. The van der Waals surface area contributed by atoms with Crippen molar-refractivity contribution in [3.05, 3.63) is 57.6 Å². The van der Waals surface area contributed by atoms with Crippen LogP contribution in [0.5, 0.6) is 0 Å². The van der Waals surface area contributed by atoms with Crippen LogP contribution in [-0.2, 0) is 13.1 Å². The molecular weight excluding hydrogens is 511 g/mol. The molecule has 1 heterocycles. The second-order valence-corrected chi connectivity index (χ2v) is 12.3. The average molecular weight is 547 g/mol. The van der Waals surface area contributed by atoms with Gasteiger partial charge in [0.2, 0.25) is 0 Å². The van der Waals surface area contributed by atoms with E-state index in [2.05, 4.69) is 91.4 Å². The molecule has 2 aromatic carbocycles. The van der Waals surface area contributed by atoms with Crippen LogP contribution < -0.4 is 0 Å². The number of nitrogens with zero attached hydrogens (tertiary/aromatic N) is 2. The second-order valence-electron chi connectivity index (χ2n) is 9.10. The molecule has 1 fully saturated rings. The summed E-state index contributed by atoms with van der Waals surface area (Å²) < 4.78 is 0. The van der Waals surface area contributed by atoms with Gasteiger partial charge in [0.25, 0.3) is 0 Å². The Balaban J connectivity index is 0.00000122. The van der Waals surface area contributed by atoms with Crippen molar-refractivity contribution in [1.82, 2.24) is 0 Å². The quantitative estimate of drug-likeness (QED) is 0.277. The van der Waals surface area contributed by atoms with Gasteiger partial charge in [-0.1, -0.05) is 41.8 Å². The minimum atomic E-state index is 0.194. The summed E-state index contributed by atoms with van der Waals surface area (Å²) in [5, 5.41) is 0.934. The molecule has 6 heteroatoms. The summed E-state index contributed by atoms with van der Waals surface area (Å²) in [7, 11) is 9.53. The van der Waals surface area contributed by atoms with Crippen LogP contribution in [0.2, 0.25) is 0 Å². The number of rotatable bonds is 4. The molecule has 0 spiro atoms. The Kier molecular flexibility index (Phi) is 11.5. The van der Waals surface area contributed by atoms with E-state index in [0.29, 0.717) is 10.5 Å². The van der Waals surface area contributed by atoms with Gasteiger partial charge in [0.1, 0.15) is 0 Å². The Labute approximate surface area is 219 Å². The summed E-state index contributed by atoms with van der Waals surface area (Å²) in [6.45, 7) is 17.4. The molecule has 2 aromatic rings. The predicted octanol–water partition coefficient (Wildman–Crippen LogP) is 9.45. The zero-order valence-electron chi connectivity index (χ0n) is 21.0. The summed E-state index contributed by atoms with van der Waals surface area (Å²) in [4.78, 5) is 10.2. The Morgan fingerprint density at radius 2 is 1.03 bits per heavy atom. The predicted molar refractivity (Wildman–Crippen MR) is 148 cm³/mol. The van der Waals surface area contributed by atoms with Gasteiger partial charge in [0.05, 0.1) is 11.4 Å². The van der Waals surface area contributed by atoms with E-state index < -0.39 is 0 Å². The van der Waals surface area contributed by atoms with Crippen molar-refractivity contribution in [2.45, 2.75) is 85.2 Å². The number of thioether (sulfide) groups is 1. The molecule has 2 unspecified atom stereocenters. The first-order valence-electron chi connectivity index (χ1n) is 11.3. The third kappa shape index (κ3) is 8.15. The fourth-order valence-corrected chi connectivity index (χ4v) is 6.13. The van der Waals surface area contributed by atoms with Gasteiger partial charge >= 0.3 is 33.3 Å². The van der Waals surface area contributed by atoms with E-state index in [1.54, 1.807) is 0 Å². The fourth-order valence-electron chi connectivity index (χ4n) is 4.63. The minimum absolute atomic E-state index is 0.194. The molecule has 2 atom stereocenters. The van der Waals surface area contributed by atoms with Gasteiger partial charge < -0.3 is 0 Å². The summed E-state index contributed by atoms with van der Waals surface area (Å²) >= 11 is 2.25. The molecule has 0 aromatic heterocycles. The summed E-state index contributed by atoms with van der Waals surface area (Å²) in [6.07, 6.45) is 3.65. The van der Waals surface area contributed by atoms with Crippen LogP contribution in [0.15, 0.2) is 34.3 Å². The number of aliphatic imine (C=N–C) groups is 2. The molecule has 0 bridgehead atoms. The second kappa shape index (κ2) is 13.4. The van der Waals surface area contributed by atoms with Crippen LogP contribution in [0.1, 0.15) is 66.5 Å². The van der Waals surface area contributed by atoms with Gasteiger partial charge in [-0.2, -0.15) is 0 Å². The topological polar surface area (TPSA) is 24.7 Å². The molecule has 0 amide bonds. The van der Waals surface area contributed by atoms with Crippen LogP contribution in [0.3, 0.4) is 0 Å². The normalized spacial score (nSPS) is 19.3. The van der Waals surface area contributed by atoms with Crippen LogP contribution in [-0.4, -0.2) is 21.9 Å². The van der Waals surface area contributed by atoms with Gasteiger partial charge in [0, 0.05) is 21.9 Å². The molecule has 3 rings (SSSR count). The Hall–Kier alpha value is -0.771. The number of hydrogen-bond donors (Lipinski definition) is 0. The van der Waals surface area contributed by atoms with E-state index >= 15 is 0 Å². The van der Waals surface area contributed by atoms with E-state index in [1.807, 2.05) is 0 Å². The molecule has 0 saturated carbocycles. The van der Waals surface area contributed by atoms with E-state index in [4.69, 9.17) is 30.2 Å². The van der Waals surface area contributed by atoms with Crippen LogP contribution in [0.25, 0.3) is 0 Å². The Bertz CT molecular complexity index is 907. The number of aryl methyl sites for hydroxylation is 6. The third-order valence-electron chi connectivity index (χ3n) is 6.04. The SMILES string of the molecule is CC(=Nc1c(C)cc(C)cc1C)C1CCCC(C(C)=Nc2c(C)cc(C)cc2C)S1.[Cl][Fe][Cl]. The number of benzene rings is 2. The molecule has 2 nitrogen and oxygen atoms in total. The summed E-state index contributed by atoms with van der Waals surface area (Å²) in [5.41, 5.74) is 12.5. The number of halogens is 2. The molecule has 0 aliphatic carbocycles. The molecule has 1 saturated heterocycles. The Morgan fingerprint density at radius 3 is 1.33 bits per heavy atom. The maximum absolute atomic E-state index is 5.09. The molecule has 1 aliphatic heterocycles. The van der Waals surface area contributed by atoms with Crippen molar-refractivity contribution in [3.63, 3.8) is 0 Å². The van der Waals surface area contributed by atoms with Crippen molar-refractivity contribution >= 4 is 54.8 Å². The van der Waals surface area contributed by atoms with Gasteiger partial charge in [-0.3, -0.25) is 9.98 Å². The first-order chi connectivity index (χ1) is 15.6. The van der Waals surface area contributed by atoms with Crippen molar-refractivity contribution in [2.24, 2.45) is 9.98 Å². The fraction of sp³-hybridized carbons (Fsp3) is 0.481. The molecule has 0 radical (unpaired) electrons. The standard InChI is InChI=1S/C27H36N2S.2ClH.Fe/c1-16-12-18(3)26(19(4)13-16)28-22(7)24-10-9-11-25(30-24)23(8)29-27-20(5)14-17(2)15-21(27)6;;;/h12-15,24-25H,9-11H2,1-8H3;2*1H;/q;;;+2/p-2. The van der Waals surface area contributed by atoms with Crippen LogP contribution >= 0.6 is 32.0 Å². The van der Waals surface area contributed by atoms with Crippen LogP contribution in [0, 0.1) is 41.5 Å².